The molecular formula is C22H20BrNO6. The number of carbonyl (C=O) groups is 1. The van der Waals surface area contributed by atoms with Crippen molar-refractivity contribution in [3.8, 4) is 11.5 Å². The van der Waals surface area contributed by atoms with Crippen LogP contribution in [0.15, 0.2) is 50.1 Å². The van der Waals surface area contributed by atoms with Crippen LogP contribution >= 0.6 is 15.9 Å². The first-order valence-electron chi connectivity index (χ1n) is 9.39. The highest BCUT2D eigenvalue weighted by Crippen LogP contribution is 2.40. The average Bonchev–Trinajstić information content (AvgIpc) is 3.01. The van der Waals surface area contributed by atoms with Crippen LogP contribution in [-0.2, 0) is 4.74 Å². The van der Waals surface area contributed by atoms with Gasteiger partial charge in [0.15, 0.2) is 16.9 Å². The first-order chi connectivity index (χ1) is 14.5. The number of ether oxygens (including phenoxy) is 2. The quantitative estimate of drug-likeness (QED) is 0.546. The lowest BCUT2D eigenvalue weighted by Crippen LogP contribution is -2.31. The number of nitrogens with zero attached hydrogens (tertiary/aromatic N) is 1. The Labute approximate surface area is 180 Å². The van der Waals surface area contributed by atoms with Crippen molar-refractivity contribution in [3.05, 3.63) is 68.0 Å². The predicted octanol–water partition coefficient (Wildman–Crippen LogP) is 3.85. The molecule has 2 aromatic carbocycles. The molecule has 1 N–H and O–H groups in total. The van der Waals surface area contributed by atoms with Crippen molar-refractivity contribution in [3.63, 3.8) is 0 Å². The van der Waals surface area contributed by atoms with Gasteiger partial charge in [0.25, 0.3) is 5.91 Å². The minimum absolute atomic E-state index is 0.0220. The summed E-state index contributed by atoms with van der Waals surface area (Å²) < 4.78 is 17.0. The number of fused-ring (bicyclic) bond motifs is 2. The Morgan fingerprint density at radius 1 is 1.17 bits per heavy atom. The van der Waals surface area contributed by atoms with Crippen molar-refractivity contribution in [2.24, 2.45) is 0 Å². The molecule has 0 spiro atoms. The molecule has 1 amide bonds. The lowest BCUT2D eigenvalue weighted by molar-refractivity contribution is 0.0707. The van der Waals surface area contributed by atoms with E-state index in [-0.39, 0.29) is 34.2 Å². The van der Waals surface area contributed by atoms with Crippen LogP contribution in [0.4, 0.5) is 0 Å². The Morgan fingerprint density at radius 2 is 1.97 bits per heavy atom. The summed E-state index contributed by atoms with van der Waals surface area (Å²) in [6.07, 6.45) is 0.598. The van der Waals surface area contributed by atoms with Gasteiger partial charge in [-0.3, -0.25) is 9.59 Å². The molecule has 2 heterocycles. The Morgan fingerprint density at radius 3 is 2.70 bits per heavy atom. The minimum atomic E-state index is -0.654. The monoisotopic (exact) mass is 473 g/mol. The molecule has 0 saturated carbocycles. The van der Waals surface area contributed by atoms with E-state index >= 15 is 0 Å². The Bertz CT molecular complexity index is 1190. The highest BCUT2D eigenvalue weighted by molar-refractivity contribution is 9.10. The first-order valence-corrected chi connectivity index (χ1v) is 10.2. The fraction of sp³-hybridized carbons (Fsp3) is 0.273. The van der Waals surface area contributed by atoms with Crippen molar-refractivity contribution in [2.45, 2.75) is 12.5 Å². The molecule has 4 rings (SSSR count). The molecule has 30 heavy (non-hydrogen) atoms. The van der Waals surface area contributed by atoms with Crippen molar-refractivity contribution in [1.82, 2.24) is 4.90 Å². The summed E-state index contributed by atoms with van der Waals surface area (Å²) in [5.41, 5.74) is 1.04. The van der Waals surface area contributed by atoms with E-state index in [4.69, 9.17) is 13.9 Å². The summed E-state index contributed by atoms with van der Waals surface area (Å²) in [5, 5.41) is 10.4. The topological polar surface area (TPSA) is 89.2 Å². The van der Waals surface area contributed by atoms with E-state index in [1.54, 1.807) is 42.3 Å². The summed E-state index contributed by atoms with van der Waals surface area (Å²) >= 11 is 3.38. The third-order valence-corrected chi connectivity index (χ3v) is 5.69. The van der Waals surface area contributed by atoms with Crippen LogP contribution in [0, 0.1) is 0 Å². The van der Waals surface area contributed by atoms with Crippen molar-refractivity contribution in [1.29, 1.82) is 0 Å². The third kappa shape index (κ3) is 3.36. The maximum absolute atomic E-state index is 13.4. The van der Waals surface area contributed by atoms with Gasteiger partial charge in [-0.15, -0.1) is 0 Å². The van der Waals surface area contributed by atoms with Gasteiger partial charge >= 0.3 is 0 Å². The zero-order valence-corrected chi connectivity index (χ0v) is 18.1. The molecule has 156 valence electrons. The molecule has 1 aliphatic rings. The van der Waals surface area contributed by atoms with Gasteiger partial charge in [-0.25, -0.2) is 0 Å². The molecule has 1 atom stereocenters. The molecule has 8 heteroatoms. The van der Waals surface area contributed by atoms with Crippen LogP contribution < -0.4 is 10.2 Å². The van der Waals surface area contributed by atoms with Gasteiger partial charge in [-0.05, 0) is 42.3 Å². The van der Waals surface area contributed by atoms with Crippen molar-refractivity contribution in [2.75, 3.05) is 27.4 Å². The van der Waals surface area contributed by atoms with Gasteiger partial charge in [0.05, 0.1) is 24.1 Å². The van der Waals surface area contributed by atoms with E-state index in [0.717, 1.165) is 4.47 Å². The summed E-state index contributed by atoms with van der Waals surface area (Å²) in [6.45, 7) is 0.853. The number of aromatic hydroxyl groups is 1. The maximum atomic E-state index is 13.4. The van der Waals surface area contributed by atoms with Crippen LogP contribution in [0.5, 0.6) is 11.5 Å². The van der Waals surface area contributed by atoms with Crippen LogP contribution in [0.3, 0.4) is 0 Å². The summed E-state index contributed by atoms with van der Waals surface area (Å²) in [7, 11) is 3.04. The van der Waals surface area contributed by atoms with E-state index in [9.17, 15) is 14.7 Å². The predicted molar refractivity (Wildman–Crippen MR) is 114 cm³/mol. The Kier molecular flexibility index (Phi) is 5.53. The molecule has 1 aromatic heterocycles. The molecule has 0 aliphatic carbocycles. The van der Waals surface area contributed by atoms with E-state index in [0.29, 0.717) is 36.1 Å². The van der Waals surface area contributed by atoms with E-state index in [1.165, 1.54) is 13.2 Å². The van der Waals surface area contributed by atoms with Gasteiger partial charge in [0.2, 0.25) is 5.76 Å². The van der Waals surface area contributed by atoms with E-state index in [2.05, 4.69) is 15.9 Å². The Balaban J connectivity index is 1.93. The first kappa shape index (κ1) is 20.4. The number of amides is 1. The van der Waals surface area contributed by atoms with Crippen LogP contribution in [0.2, 0.25) is 0 Å². The van der Waals surface area contributed by atoms with Crippen LogP contribution in [0.25, 0.3) is 11.0 Å². The number of halogens is 1. The largest absolute Gasteiger partial charge is 0.504 e. The van der Waals surface area contributed by atoms with Gasteiger partial charge < -0.3 is 23.9 Å². The molecule has 1 aliphatic heterocycles. The van der Waals surface area contributed by atoms with Crippen molar-refractivity contribution >= 4 is 32.8 Å². The molecule has 7 nitrogen and oxygen atoms in total. The van der Waals surface area contributed by atoms with Gasteiger partial charge in [-0.1, -0.05) is 22.0 Å². The zero-order valence-electron chi connectivity index (χ0n) is 16.5. The SMILES string of the molecule is COCCCN1C(=O)c2oc3ccc(Br)cc3c(=O)c2C1c1ccc(O)c(OC)c1. The highest BCUT2D eigenvalue weighted by Gasteiger charge is 2.42. The number of benzene rings is 2. The number of phenolic OH excluding ortho intramolecular Hbond substituents is 1. The summed E-state index contributed by atoms with van der Waals surface area (Å²) in [5.74, 6) is -0.0614. The normalized spacial score (nSPS) is 15.6. The van der Waals surface area contributed by atoms with Gasteiger partial charge in [0.1, 0.15) is 5.58 Å². The average molecular weight is 474 g/mol. The Hall–Kier alpha value is -2.84. The number of hydrogen-bond acceptors (Lipinski definition) is 6. The second-order valence-electron chi connectivity index (χ2n) is 6.99. The number of carbonyl (C=O) groups excluding carboxylic acids is 1. The molecule has 0 radical (unpaired) electrons. The third-order valence-electron chi connectivity index (χ3n) is 5.19. The molecule has 0 fully saturated rings. The van der Waals surface area contributed by atoms with E-state index < -0.39 is 6.04 Å². The number of rotatable bonds is 6. The lowest BCUT2D eigenvalue weighted by atomic mass is 9.98. The maximum Gasteiger partial charge on any atom is 0.290 e. The minimum Gasteiger partial charge on any atom is -0.504 e. The molecule has 0 bridgehead atoms. The number of methoxy groups -OCH3 is 2. The molecule has 0 saturated heterocycles. The molecule has 3 aromatic rings. The highest BCUT2D eigenvalue weighted by atomic mass is 79.9. The molecular weight excluding hydrogens is 454 g/mol. The van der Waals surface area contributed by atoms with E-state index in [1.807, 2.05) is 0 Å². The van der Waals surface area contributed by atoms with Gasteiger partial charge in [0, 0.05) is 24.7 Å². The fourth-order valence-electron chi connectivity index (χ4n) is 3.81. The summed E-state index contributed by atoms with van der Waals surface area (Å²) in [4.78, 5) is 28.3. The standard InChI is InChI=1S/C22H20BrNO6/c1-28-9-3-8-24-19(12-4-6-15(25)17(10-12)29-2)18-20(26)14-11-13(23)5-7-16(14)30-21(18)22(24)27/h4-7,10-11,19,25H,3,8-9H2,1-2H3. The summed E-state index contributed by atoms with van der Waals surface area (Å²) in [6, 6.07) is 9.26. The lowest BCUT2D eigenvalue weighted by Gasteiger charge is -2.25. The molecule has 1 unspecified atom stereocenters. The number of hydrogen-bond donors (Lipinski definition) is 1. The fourth-order valence-corrected chi connectivity index (χ4v) is 4.17. The van der Waals surface area contributed by atoms with Crippen LogP contribution in [-0.4, -0.2) is 43.3 Å². The van der Waals surface area contributed by atoms with Crippen LogP contribution in [0.1, 0.15) is 34.1 Å². The van der Waals surface area contributed by atoms with Crippen molar-refractivity contribution < 1.29 is 23.8 Å². The number of phenols is 1. The smallest absolute Gasteiger partial charge is 0.290 e. The zero-order chi connectivity index (χ0) is 21.4. The second-order valence-corrected chi connectivity index (χ2v) is 7.91. The van der Waals surface area contributed by atoms with Gasteiger partial charge in [-0.2, -0.15) is 0 Å². The second kappa shape index (κ2) is 8.12.